The van der Waals surface area contributed by atoms with Crippen molar-refractivity contribution >= 4 is 11.6 Å². The van der Waals surface area contributed by atoms with Gasteiger partial charge < -0.3 is 0 Å². The van der Waals surface area contributed by atoms with Crippen molar-refractivity contribution in [3.8, 4) is 0 Å². The van der Waals surface area contributed by atoms with E-state index in [2.05, 4.69) is 6.92 Å². The maximum Gasteiger partial charge on any atom is 0.194 e. The fraction of sp³-hybridized carbons (Fsp3) is 0.250. The third-order valence-electron chi connectivity index (χ3n) is 3.63. The fourth-order valence-electron chi connectivity index (χ4n) is 2.64. The van der Waals surface area contributed by atoms with E-state index >= 15 is 0 Å². The van der Waals surface area contributed by atoms with Crippen LogP contribution < -0.4 is 0 Å². The predicted octanol–water partition coefficient (Wildman–Crippen LogP) is 3.27. The maximum absolute atomic E-state index is 12.5. The van der Waals surface area contributed by atoms with E-state index in [1.54, 1.807) is 6.07 Å². The smallest absolute Gasteiger partial charge is 0.194 e. The molecule has 3 rings (SSSR count). The zero-order chi connectivity index (χ0) is 12.9. The molecule has 0 radical (unpaired) electrons. The van der Waals surface area contributed by atoms with Crippen molar-refractivity contribution in [2.45, 2.75) is 20.3 Å². The Morgan fingerprint density at radius 3 is 2.67 bits per heavy atom. The summed E-state index contributed by atoms with van der Waals surface area (Å²) in [4.78, 5) is 24.8. The summed E-state index contributed by atoms with van der Waals surface area (Å²) in [5.74, 6) is 0.342. The van der Waals surface area contributed by atoms with Gasteiger partial charge in [0.15, 0.2) is 11.6 Å². The summed E-state index contributed by atoms with van der Waals surface area (Å²) in [6.07, 6.45) is 4.49. The van der Waals surface area contributed by atoms with Gasteiger partial charge >= 0.3 is 0 Å². The Labute approximate surface area is 106 Å². The van der Waals surface area contributed by atoms with Crippen LogP contribution in [0.5, 0.6) is 0 Å². The molecule has 2 aliphatic carbocycles. The lowest BCUT2D eigenvalue weighted by atomic mass is 9.77. The molecule has 0 unspecified atom stereocenters. The summed E-state index contributed by atoms with van der Waals surface area (Å²) in [5.41, 5.74) is 3.41. The normalized spacial score (nSPS) is 22.0. The largest absolute Gasteiger partial charge is 0.289 e. The van der Waals surface area contributed by atoms with E-state index < -0.39 is 0 Å². The average molecular weight is 238 g/mol. The average Bonchev–Trinajstić information content (AvgIpc) is 2.35. The summed E-state index contributed by atoms with van der Waals surface area (Å²) >= 11 is 0. The van der Waals surface area contributed by atoms with Crippen LogP contribution in [-0.4, -0.2) is 11.6 Å². The number of benzene rings is 1. The minimum Gasteiger partial charge on any atom is -0.289 e. The lowest BCUT2D eigenvalue weighted by molar-refractivity contribution is 0.0972. The fourth-order valence-corrected chi connectivity index (χ4v) is 2.64. The molecule has 0 fully saturated rings. The van der Waals surface area contributed by atoms with Crippen molar-refractivity contribution in [3.05, 3.63) is 58.2 Å². The number of Topliss-reactive ketones (excluding diaryl/α,β-unsaturated/α-hetero) is 2. The first-order valence-corrected chi connectivity index (χ1v) is 6.19. The quantitative estimate of drug-likeness (QED) is 0.695. The van der Waals surface area contributed by atoms with Gasteiger partial charge in [0.25, 0.3) is 0 Å². The van der Waals surface area contributed by atoms with E-state index in [0.717, 1.165) is 5.56 Å². The Morgan fingerprint density at radius 1 is 1.11 bits per heavy atom. The molecule has 0 bridgehead atoms. The van der Waals surface area contributed by atoms with Gasteiger partial charge in [-0.15, -0.1) is 0 Å². The van der Waals surface area contributed by atoms with Crippen molar-refractivity contribution in [3.63, 3.8) is 0 Å². The highest BCUT2D eigenvalue weighted by Gasteiger charge is 2.32. The van der Waals surface area contributed by atoms with Gasteiger partial charge in [-0.3, -0.25) is 9.59 Å². The molecular weight excluding hydrogens is 224 g/mol. The number of hydrogen-bond donors (Lipinski definition) is 0. The summed E-state index contributed by atoms with van der Waals surface area (Å²) in [5, 5.41) is 0. The highest BCUT2D eigenvalue weighted by atomic mass is 16.1. The minimum absolute atomic E-state index is 0.0113. The Morgan fingerprint density at radius 2 is 1.89 bits per heavy atom. The van der Waals surface area contributed by atoms with Crippen molar-refractivity contribution in [2.24, 2.45) is 5.92 Å². The molecule has 0 saturated carbocycles. The molecule has 0 saturated heterocycles. The molecule has 0 heterocycles. The molecule has 0 amide bonds. The first-order chi connectivity index (χ1) is 8.58. The number of carbonyl (C=O) groups is 2. The van der Waals surface area contributed by atoms with Crippen LogP contribution in [0.1, 0.15) is 39.6 Å². The molecule has 2 aliphatic rings. The van der Waals surface area contributed by atoms with Crippen LogP contribution in [0.3, 0.4) is 0 Å². The van der Waals surface area contributed by atoms with Gasteiger partial charge in [0.2, 0.25) is 0 Å². The molecule has 2 heteroatoms. The van der Waals surface area contributed by atoms with Crippen molar-refractivity contribution in [2.75, 3.05) is 0 Å². The SMILES string of the molecule is Cc1ccc2c(c1)C(=O)C1=C(C=C[C@H](C)C1)C2=O. The Hall–Kier alpha value is -1.96. The van der Waals surface area contributed by atoms with Gasteiger partial charge in [0, 0.05) is 22.3 Å². The molecule has 0 N–H and O–H groups in total. The summed E-state index contributed by atoms with van der Waals surface area (Å²) in [6.45, 7) is 4.00. The lowest BCUT2D eigenvalue weighted by Crippen LogP contribution is -2.24. The molecule has 0 aromatic heterocycles. The number of rotatable bonds is 0. The molecular formula is C16H14O2. The van der Waals surface area contributed by atoms with Gasteiger partial charge in [0.05, 0.1) is 0 Å². The number of allylic oxidation sites excluding steroid dienone is 4. The van der Waals surface area contributed by atoms with Gasteiger partial charge in [-0.05, 0) is 25.3 Å². The topological polar surface area (TPSA) is 34.1 Å². The Balaban J connectivity index is 2.21. The van der Waals surface area contributed by atoms with Crippen LogP contribution in [0.4, 0.5) is 0 Å². The molecule has 1 aromatic carbocycles. The third kappa shape index (κ3) is 1.49. The molecule has 0 spiro atoms. The van der Waals surface area contributed by atoms with Crippen LogP contribution in [0.2, 0.25) is 0 Å². The monoisotopic (exact) mass is 238 g/mol. The van der Waals surface area contributed by atoms with Gasteiger partial charge in [-0.1, -0.05) is 36.8 Å². The van der Waals surface area contributed by atoms with E-state index in [0.29, 0.717) is 34.6 Å². The van der Waals surface area contributed by atoms with E-state index in [1.165, 1.54) is 0 Å². The number of hydrogen-bond acceptors (Lipinski definition) is 2. The van der Waals surface area contributed by atoms with E-state index in [4.69, 9.17) is 0 Å². The van der Waals surface area contributed by atoms with Crippen LogP contribution in [0.25, 0.3) is 0 Å². The lowest BCUT2D eigenvalue weighted by Gasteiger charge is -2.24. The van der Waals surface area contributed by atoms with Gasteiger partial charge in [0.1, 0.15) is 0 Å². The number of ketones is 2. The molecule has 1 aromatic rings. The van der Waals surface area contributed by atoms with Crippen LogP contribution in [-0.2, 0) is 0 Å². The van der Waals surface area contributed by atoms with E-state index in [9.17, 15) is 9.59 Å². The van der Waals surface area contributed by atoms with Gasteiger partial charge in [-0.2, -0.15) is 0 Å². The molecule has 2 nitrogen and oxygen atoms in total. The summed E-state index contributed by atoms with van der Waals surface area (Å²) in [6, 6.07) is 5.47. The van der Waals surface area contributed by atoms with E-state index in [1.807, 2.05) is 31.2 Å². The first-order valence-electron chi connectivity index (χ1n) is 6.19. The zero-order valence-corrected chi connectivity index (χ0v) is 10.5. The van der Waals surface area contributed by atoms with E-state index in [-0.39, 0.29) is 11.6 Å². The second kappa shape index (κ2) is 3.77. The second-order valence-electron chi connectivity index (χ2n) is 5.14. The highest BCUT2D eigenvalue weighted by Crippen LogP contribution is 2.34. The molecule has 18 heavy (non-hydrogen) atoms. The number of fused-ring (bicyclic) bond motifs is 1. The number of carbonyl (C=O) groups excluding carboxylic acids is 2. The van der Waals surface area contributed by atoms with Gasteiger partial charge in [-0.25, -0.2) is 0 Å². The maximum atomic E-state index is 12.5. The second-order valence-corrected chi connectivity index (χ2v) is 5.14. The Bertz CT molecular complexity index is 632. The standard InChI is InChI=1S/C16H14O2/c1-9-3-5-11-13(7-9)16(18)14-8-10(2)4-6-12(14)15(11)17/h3-7,10H,8H2,1-2H3/t10-/m0/s1. The summed E-state index contributed by atoms with van der Waals surface area (Å²) in [7, 11) is 0. The van der Waals surface area contributed by atoms with Crippen molar-refractivity contribution < 1.29 is 9.59 Å². The Kier molecular flexibility index (Phi) is 2.34. The minimum atomic E-state index is -0.0113. The molecule has 1 atom stereocenters. The van der Waals surface area contributed by atoms with Crippen LogP contribution >= 0.6 is 0 Å². The van der Waals surface area contributed by atoms with Crippen LogP contribution in [0.15, 0.2) is 41.5 Å². The first kappa shape index (κ1) is 11.1. The molecule has 90 valence electrons. The molecule has 0 aliphatic heterocycles. The third-order valence-corrected chi connectivity index (χ3v) is 3.63. The predicted molar refractivity (Wildman–Crippen MR) is 69.8 cm³/mol. The van der Waals surface area contributed by atoms with Crippen molar-refractivity contribution in [1.82, 2.24) is 0 Å². The highest BCUT2D eigenvalue weighted by molar-refractivity contribution is 6.28. The number of aryl methyl sites for hydroxylation is 1. The summed E-state index contributed by atoms with van der Waals surface area (Å²) < 4.78 is 0. The van der Waals surface area contributed by atoms with Crippen LogP contribution in [0, 0.1) is 12.8 Å². The zero-order valence-electron chi connectivity index (χ0n) is 10.5. The van der Waals surface area contributed by atoms with Crippen molar-refractivity contribution in [1.29, 1.82) is 0 Å².